The molecule has 0 heterocycles. The van der Waals surface area contributed by atoms with Crippen molar-refractivity contribution < 1.29 is 24.6 Å². The molecule has 0 aliphatic rings. The number of carboxylic acids is 1. The van der Waals surface area contributed by atoms with Gasteiger partial charge in [-0.05, 0) is 13.3 Å². The third kappa shape index (κ3) is 8.30. The topological polar surface area (TPSA) is 119 Å². The highest BCUT2D eigenvalue weighted by Gasteiger charge is 2.25. The molecule has 4 N–H and O–H groups in total. The van der Waals surface area contributed by atoms with Gasteiger partial charge in [0.05, 0.1) is 12.0 Å². The highest BCUT2D eigenvalue weighted by atomic mass is 16.4. The van der Waals surface area contributed by atoms with E-state index in [1.54, 1.807) is 0 Å². The molecule has 20 heavy (non-hydrogen) atoms. The number of likely N-dealkylation sites (N-methyl/N-ethyl adjacent to an activating group) is 1. The number of hydrogen-bond donors (Lipinski definition) is 4. The van der Waals surface area contributed by atoms with Gasteiger partial charge in [-0.2, -0.15) is 0 Å². The van der Waals surface area contributed by atoms with Crippen LogP contribution in [0.4, 0.5) is 4.79 Å². The number of urea groups is 1. The molecule has 1 unspecified atom stereocenters. The standard InChI is InChI=1S/C12H23N3O5/c1-4-5-13-9(16)7-15(3)11(19)14-8-12(2,20)6-10(17)18/h20H,4-8H2,1-3H3,(H,13,16)(H,14,19)(H,17,18). The van der Waals surface area contributed by atoms with Gasteiger partial charge in [-0.1, -0.05) is 6.92 Å². The lowest BCUT2D eigenvalue weighted by atomic mass is 10.0. The molecular formula is C12H23N3O5. The van der Waals surface area contributed by atoms with Crippen LogP contribution in [-0.4, -0.2) is 65.3 Å². The SMILES string of the molecule is CCCNC(=O)CN(C)C(=O)NCC(C)(O)CC(=O)O. The second kappa shape index (κ2) is 8.36. The monoisotopic (exact) mass is 289 g/mol. The van der Waals surface area contributed by atoms with Crippen LogP contribution >= 0.6 is 0 Å². The van der Waals surface area contributed by atoms with Crippen molar-refractivity contribution in [3.8, 4) is 0 Å². The molecule has 116 valence electrons. The van der Waals surface area contributed by atoms with Gasteiger partial charge in [0.1, 0.15) is 6.54 Å². The fraction of sp³-hybridized carbons (Fsp3) is 0.750. The van der Waals surface area contributed by atoms with E-state index in [1.165, 1.54) is 14.0 Å². The van der Waals surface area contributed by atoms with Crippen LogP contribution in [0.5, 0.6) is 0 Å². The number of nitrogens with zero attached hydrogens (tertiary/aromatic N) is 1. The number of carbonyl (C=O) groups is 3. The first-order chi connectivity index (χ1) is 9.18. The summed E-state index contributed by atoms with van der Waals surface area (Å²) in [6.07, 6.45) is 0.327. The van der Waals surface area contributed by atoms with Crippen molar-refractivity contribution in [1.82, 2.24) is 15.5 Å². The molecule has 0 spiro atoms. The number of aliphatic carboxylic acids is 1. The molecule has 8 nitrogen and oxygen atoms in total. The maximum absolute atomic E-state index is 11.7. The number of aliphatic hydroxyl groups is 1. The summed E-state index contributed by atoms with van der Waals surface area (Å²) in [6.45, 7) is 3.46. The summed E-state index contributed by atoms with van der Waals surface area (Å²) < 4.78 is 0. The van der Waals surface area contributed by atoms with E-state index in [1.807, 2.05) is 6.92 Å². The number of rotatable bonds is 8. The molecule has 1 atom stereocenters. The molecular weight excluding hydrogens is 266 g/mol. The first-order valence-corrected chi connectivity index (χ1v) is 6.38. The van der Waals surface area contributed by atoms with Gasteiger partial charge in [0.25, 0.3) is 0 Å². The van der Waals surface area contributed by atoms with E-state index in [9.17, 15) is 19.5 Å². The predicted molar refractivity (Wildman–Crippen MR) is 72.2 cm³/mol. The molecule has 0 saturated heterocycles. The fourth-order valence-corrected chi connectivity index (χ4v) is 1.40. The summed E-state index contributed by atoms with van der Waals surface area (Å²) in [5, 5.41) is 23.3. The minimum Gasteiger partial charge on any atom is -0.481 e. The largest absolute Gasteiger partial charge is 0.481 e. The second-order valence-electron chi connectivity index (χ2n) is 4.93. The first kappa shape index (κ1) is 18.2. The molecule has 0 aliphatic carbocycles. The summed E-state index contributed by atoms with van der Waals surface area (Å²) in [5.41, 5.74) is -1.53. The van der Waals surface area contributed by atoms with Crippen LogP contribution in [-0.2, 0) is 9.59 Å². The van der Waals surface area contributed by atoms with Gasteiger partial charge in [-0.3, -0.25) is 9.59 Å². The van der Waals surface area contributed by atoms with Crippen LogP contribution in [0.2, 0.25) is 0 Å². The number of carboxylic acid groups (broad SMARTS) is 1. The average Bonchev–Trinajstić information content (AvgIpc) is 2.31. The molecule has 0 bridgehead atoms. The molecule has 0 aromatic rings. The number of hydrogen-bond acceptors (Lipinski definition) is 4. The third-order valence-electron chi connectivity index (χ3n) is 2.45. The summed E-state index contributed by atoms with van der Waals surface area (Å²) in [6, 6.07) is -0.553. The predicted octanol–water partition coefficient (Wildman–Crippen LogP) is -0.620. The quantitative estimate of drug-likeness (QED) is 0.475. The van der Waals surface area contributed by atoms with E-state index in [-0.39, 0.29) is 19.0 Å². The third-order valence-corrected chi connectivity index (χ3v) is 2.45. The van der Waals surface area contributed by atoms with Crippen LogP contribution in [0.15, 0.2) is 0 Å². The lowest BCUT2D eigenvalue weighted by Crippen LogP contribution is -2.48. The van der Waals surface area contributed by atoms with Gasteiger partial charge in [-0.15, -0.1) is 0 Å². The van der Waals surface area contributed by atoms with Crippen molar-refractivity contribution in [2.45, 2.75) is 32.3 Å². The van der Waals surface area contributed by atoms with Crippen molar-refractivity contribution in [3.63, 3.8) is 0 Å². The fourth-order valence-electron chi connectivity index (χ4n) is 1.40. The Labute approximate surface area is 118 Å². The zero-order valence-electron chi connectivity index (χ0n) is 12.1. The van der Waals surface area contributed by atoms with Crippen LogP contribution in [0.3, 0.4) is 0 Å². The number of amides is 3. The van der Waals surface area contributed by atoms with E-state index in [2.05, 4.69) is 10.6 Å². The van der Waals surface area contributed by atoms with Crippen LogP contribution in [0.25, 0.3) is 0 Å². The Morgan fingerprint density at radius 3 is 2.35 bits per heavy atom. The summed E-state index contributed by atoms with van der Waals surface area (Å²) in [5.74, 6) is -1.43. The maximum Gasteiger partial charge on any atom is 0.317 e. The van der Waals surface area contributed by atoms with Gasteiger partial charge >= 0.3 is 12.0 Å². The van der Waals surface area contributed by atoms with Gasteiger partial charge < -0.3 is 25.7 Å². The minimum absolute atomic E-state index is 0.104. The van der Waals surface area contributed by atoms with Gasteiger partial charge in [0.2, 0.25) is 5.91 Å². The Hall–Kier alpha value is -1.83. The second-order valence-corrected chi connectivity index (χ2v) is 4.93. The Morgan fingerprint density at radius 2 is 1.85 bits per heavy atom. The molecule has 0 rings (SSSR count). The lowest BCUT2D eigenvalue weighted by Gasteiger charge is -2.24. The summed E-state index contributed by atoms with van der Waals surface area (Å²) >= 11 is 0. The Kier molecular flexibility index (Phi) is 7.60. The van der Waals surface area contributed by atoms with Crippen molar-refractivity contribution in [2.75, 3.05) is 26.7 Å². The highest BCUT2D eigenvalue weighted by Crippen LogP contribution is 2.07. The zero-order valence-corrected chi connectivity index (χ0v) is 12.1. The normalized spacial score (nSPS) is 13.2. The molecule has 0 saturated carbocycles. The smallest absolute Gasteiger partial charge is 0.317 e. The van der Waals surface area contributed by atoms with E-state index in [0.717, 1.165) is 11.3 Å². The average molecular weight is 289 g/mol. The van der Waals surface area contributed by atoms with Crippen molar-refractivity contribution in [1.29, 1.82) is 0 Å². The molecule has 0 aliphatic heterocycles. The number of nitrogens with one attached hydrogen (secondary N) is 2. The molecule has 0 fully saturated rings. The first-order valence-electron chi connectivity index (χ1n) is 6.38. The summed E-state index contributed by atoms with van der Waals surface area (Å²) in [7, 11) is 1.44. The van der Waals surface area contributed by atoms with Crippen LogP contribution in [0.1, 0.15) is 26.7 Å². The van der Waals surface area contributed by atoms with Gasteiger partial charge in [-0.25, -0.2) is 4.79 Å². The zero-order chi connectivity index (χ0) is 15.8. The molecule has 0 aromatic carbocycles. The summed E-state index contributed by atoms with van der Waals surface area (Å²) in [4.78, 5) is 34.7. The van der Waals surface area contributed by atoms with Crippen molar-refractivity contribution in [3.05, 3.63) is 0 Å². The Morgan fingerprint density at radius 1 is 1.25 bits per heavy atom. The molecule has 0 aromatic heterocycles. The van der Waals surface area contributed by atoms with Crippen molar-refractivity contribution >= 4 is 17.9 Å². The van der Waals surface area contributed by atoms with Gasteiger partial charge in [0, 0.05) is 20.1 Å². The van der Waals surface area contributed by atoms with Gasteiger partial charge in [0.15, 0.2) is 0 Å². The van der Waals surface area contributed by atoms with E-state index in [0.29, 0.717) is 6.54 Å². The maximum atomic E-state index is 11.7. The van der Waals surface area contributed by atoms with E-state index >= 15 is 0 Å². The van der Waals surface area contributed by atoms with Crippen LogP contribution in [0, 0.1) is 0 Å². The molecule has 3 amide bonds. The minimum atomic E-state index is -1.53. The molecule has 8 heteroatoms. The lowest BCUT2D eigenvalue weighted by molar-refractivity contribution is -0.141. The molecule has 0 radical (unpaired) electrons. The van der Waals surface area contributed by atoms with Crippen molar-refractivity contribution in [2.24, 2.45) is 0 Å². The Balaban J connectivity index is 4.13. The van der Waals surface area contributed by atoms with E-state index in [4.69, 9.17) is 5.11 Å². The van der Waals surface area contributed by atoms with E-state index < -0.39 is 24.0 Å². The highest BCUT2D eigenvalue weighted by molar-refractivity contribution is 5.83. The number of carbonyl (C=O) groups excluding carboxylic acids is 2. The van der Waals surface area contributed by atoms with Crippen LogP contribution < -0.4 is 10.6 Å². The Bertz CT molecular complexity index is 357.